The average molecular weight is 275 g/mol. The van der Waals surface area contributed by atoms with Gasteiger partial charge >= 0.3 is 6.03 Å². The third-order valence-electron chi connectivity index (χ3n) is 1.85. The third-order valence-corrected chi connectivity index (χ3v) is 3.16. The number of rotatable bonds is 3. The molecule has 0 radical (unpaired) electrons. The zero-order valence-electron chi connectivity index (χ0n) is 9.90. The molecule has 4 N–H and O–H groups in total. The predicted molar refractivity (Wildman–Crippen MR) is 64.8 cm³/mol. The molecule has 1 aromatic rings. The Balaban J connectivity index is 2.96. The van der Waals surface area contributed by atoms with Crippen LogP contribution in [0.5, 0.6) is 0 Å². The molecule has 1 rings (SSSR count). The lowest BCUT2D eigenvalue weighted by atomic mass is 10.3. The molecule has 0 aliphatic carbocycles. The van der Waals surface area contributed by atoms with Gasteiger partial charge in [-0.2, -0.15) is 0 Å². The number of hydrogen-bond donors (Lipinski definition) is 3. The molecular weight excluding hydrogens is 261 g/mol. The smallest absolute Gasteiger partial charge is 0.328 e. The highest BCUT2D eigenvalue weighted by molar-refractivity contribution is 7.90. The monoisotopic (exact) mass is 275 g/mol. The van der Waals surface area contributed by atoms with Crippen LogP contribution >= 0.6 is 0 Å². The van der Waals surface area contributed by atoms with Gasteiger partial charge in [0.25, 0.3) is 10.0 Å². The molecule has 0 aliphatic rings. The summed E-state index contributed by atoms with van der Waals surface area (Å²) in [6.45, 7) is 3.35. The lowest BCUT2D eigenvalue weighted by Crippen LogP contribution is -2.42. The number of amides is 2. The Labute approximate surface area is 104 Å². The quantitative estimate of drug-likeness (QED) is 0.710. The van der Waals surface area contributed by atoms with Crippen molar-refractivity contribution in [3.05, 3.63) is 24.0 Å². The van der Waals surface area contributed by atoms with Crippen molar-refractivity contribution in [3.8, 4) is 0 Å². The van der Waals surface area contributed by atoms with Gasteiger partial charge in [-0.05, 0) is 32.0 Å². The van der Waals surface area contributed by atoms with Crippen LogP contribution in [0.25, 0.3) is 0 Å². The number of nitrogens with two attached hydrogens (primary N) is 1. The normalized spacial score (nSPS) is 11.3. The molecule has 0 saturated carbocycles. The van der Waals surface area contributed by atoms with Crippen LogP contribution in [-0.2, 0) is 10.0 Å². The van der Waals surface area contributed by atoms with Crippen molar-refractivity contribution in [1.82, 2.24) is 10.0 Å². The molecule has 0 unspecified atom stereocenters. The van der Waals surface area contributed by atoms with Gasteiger partial charge in [0, 0.05) is 11.7 Å². The summed E-state index contributed by atoms with van der Waals surface area (Å²) in [5.74, 6) is -0.792. The number of carbonyl (C=O) groups excluding carboxylic acids is 1. The van der Waals surface area contributed by atoms with Gasteiger partial charge in [-0.3, -0.25) is 0 Å². The van der Waals surface area contributed by atoms with Gasteiger partial charge in [-0.1, -0.05) is 0 Å². The maximum absolute atomic E-state index is 13.0. The largest absolute Gasteiger partial charge is 0.399 e. The van der Waals surface area contributed by atoms with Crippen molar-refractivity contribution in [2.45, 2.75) is 24.8 Å². The van der Waals surface area contributed by atoms with Gasteiger partial charge < -0.3 is 11.1 Å². The Morgan fingerprint density at radius 2 is 1.94 bits per heavy atom. The SMILES string of the molecule is CC(C)NC(=O)NS(=O)(=O)c1cc(N)cc(F)c1. The number of benzene rings is 1. The molecular formula is C10H14FN3O3S. The fraction of sp³-hybridized carbons (Fsp3) is 0.300. The summed E-state index contributed by atoms with van der Waals surface area (Å²) in [6, 6.07) is 1.72. The summed E-state index contributed by atoms with van der Waals surface area (Å²) in [4.78, 5) is 10.9. The summed E-state index contributed by atoms with van der Waals surface area (Å²) >= 11 is 0. The standard InChI is InChI=1S/C10H14FN3O3S/c1-6(2)13-10(15)14-18(16,17)9-4-7(11)3-8(12)5-9/h3-6H,12H2,1-2H3,(H2,13,14,15). The van der Waals surface area contributed by atoms with Gasteiger partial charge in [0.2, 0.25) is 0 Å². The van der Waals surface area contributed by atoms with Crippen LogP contribution in [0, 0.1) is 5.82 Å². The van der Waals surface area contributed by atoms with Gasteiger partial charge in [-0.25, -0.2) is 22.3 Å². The van der Waals surface area contributed by atoms with E-state index in [-0.39, 0.29) is 11.7 Å². The second kappa shape index (κ2) is 5.21. The Morgan fingerprint density at radius 1 is 1.33 bits per heavy atom. The molecule has 8 heteroatoms. The number of nitrogens with one attached hydrogen (secondary N) is 2. The zero-order chi connectivity index (χ0) is 13.9. The number of urea groups is 1. The minimum atomic E-state index is -4.13. The first-order chi connectivity index (χ1) is 8.20. The Hall–Kier alpha value is -1.83. The van der Waals surface area contributed by atoms with E-state index < -0.39 is 26.8 Å². The Kier molecular flexibility index (Phi) is 4.12. The van der Waals surface area contributed by atoms with E-state index in [1.807, 2.05) is 0 Å². The topological polar surface area (TPSA) is 101 Å². The highest BCUT2D eigenvalue weighted by atomic mass is 32.2. The maximum atomic E-state index is 13.0. The molecule has 18 heavy (non-hydrogen) atoms. The lowest BCUT2D eigenvalue weighted by Gasteiger charge is -2.11. The molecule has 0 spiro atoms. The molecule has 100 valence electrons. The lowest BCUT2D eigenvalue weighted by molar-refractivity contribution is 0.243. The van der Waals surface area contributed by atoms with E-state index in [4.69, 9.17) is 5.73 Å². The summed E-state index contributed by atoms with van der Waals surface area (Å²) in [6.07, 6.45) is 0. The van der Waals surface area contributed by atoms with Gasteiger partial charge in [0.05, 0.1) is 4.90 Å². The van der Waals surface area contributed by atoms with E-state index in [2.05, 4.69) is 5.32 Å². The molecule has 0 saturated heterocycles. The first-order valence-corrected chi connectivity index (χ1v) is 6.58. The Morgan fingerprint density at radius 3 is 2.44 bits per heavy atom. The first-order valence-electron chi connectivity index (χ1n) is 5.10. The molecule has 0 aromatic heterocycles. The highest BCUT2D eigenvalue weighted by Crippen LogP contribution is 2.15. The number of halogens is 1. The van der Waals surface area contributed by atoms with Crippen LogP contribution in [0.4, 0.5) is 14.9 Å². The van der Waals surface area contributed by atoms with Crippen molar-refractivity contribution in [2.75, 3.05) is 5.73 Å². The third kappa shape index (κ3) is 3.88. The van der Waals surface area contributed by atoms with E-state index in [1.54, 1.807) is 18.6 Å². The average Bonchev–Trinajstić information content (AvgIpc) is 2.13. The summed E-state index contributed by atoms with van der Waals surface area (Å²) in [7, 11) is -4.13. The van der Waals surface area contributed by atoms with Crippen LogP contribution in [0.3, 0.4) is 0 Å². The molecule has 0 aliphatic heterocycles. The number of sulfonamides is 1. The highest BCUT2D eigenvalue weighted by Gasteiger charge is 2.19. The van der Waals surface area contributed by atoms with Crippen molar-refractivity contribution < 1.29 is 17.6 Å². The number of hydrogen-bond acceptors (Lipinski definition) is 4. The maximum Gasteiger partial charge on any atom is 0.328 e. The first kappa shape index (κ1) is 14.2. The molecule has 0 bridgehead atoms. The van der Waals surface area contributed by atoms with E-state index in [0.29, 0.717) is 0 Å². The fourth-order valence-electron chi connectivity index (χ4n) is 1.21. The second-order valence-corrected chi connectivity index (χ2v) is 5.64. The molecule has 1 aromatic carbocycles. The van der Waals surface area contributed by atoms with Gasteiger partial charge in [-0.15, -0.1) is 0 Å². The molecule has 0 fully saturated rings. The molecule has 2 amide bonds. The minimum absolute atomic E-state index is 0.0420. The van der Waals surface area contributed by atoms with E-state index in [1.165, 1.54) is 0 Å². The molecule has 0 heterocycles. The van der Waals surface area contributed by atoms with Gasteiger partial charge in [0.1, 0.15) is 5.82 Å². The summed E-state index contributed by atoms with van der Waals surface area (Å²) in [5.41, 5.74) is 5.29. The minimum Gasteiger partial charge on any atom is -0.399 e. The summed E-state index contributed by atoms with van der Waals surface area (Å²) in [5, 5.41) is 2.34. The predicted octanol–water partition coefficient (Wildman–Crippen LogP) is 0.804. The van der Waals surface area contributed by atoms with Crippen LogP contribution < -0.4 is 15.8 Å². The number of anilines is 1. The second-order valence-electron chi connectivity index (χ2n) is 3.95. The van der Waals surface area contributed by atoms with Crippen molar-refractivity contribution in [2.24, 2.45) is 0 Å². The fourth-order valence-corrected chi connectivity index (χ4v) is 2.19. The van der Waals surface area contributed by atoms with Gasteiger partial charge in [0.15, 0.2) is 0 Å². The van der Waals surface area contributed by atoms with Crippen LogP contribution in [-0.4, -0.2) is 20.5 Å². The Bertz CT molecular complexity index is 537. The zero-order valence-corrected chi connectivity index (χ0v) is 10.7. The van der Waals surface area contributed by atoms with Crippen LogP contribution in [0.15, 0.2) is 23.1 Å². The summed E-state index contributed by atoms with van der Waals surface area (Å²) < 4.78 is 38.3. The van der Waals surface area contributed by atoms with Crippen LogP contribution in [0.1, 0.15) is 13.8 Å². The number of carbonyl (C=O) groups is 1. The van der Waals surface area contributed by atoms with Crippen LogP contribution in [0.2, 0.25) is 0 Å². The van der Waals surface area contributed by atoms with E-state index in [0.717, 1.165) is 18.2 Å². The van der Waals surface area contributed by atoms with Crippen molar-refractivity contribution in [3.63, 3.8) is 0 Å². The van der Waals surface area contributed by atoms with Crippen molar-refractivity contribution in [1.29, 1.82) is 0 Å². The number of nitrogen functional groups attached to an aromatic ring is 1. The van der Waals surface area contributed by atoms with E-state index >= 15 is 0 Å². The van der Waals surface area contributed by atoms with Crippen molar-refractivity contribution >= 4 is 21.7 Å². The molecule has 0 atom stereocenters. The molecule has 6 nitrogen and oxygen atoms in total. The van der Waals surface area contributed by atoms with E-state index in [9.17, 15) is 17.6 Å².